The van der Waals surface area contributed by atoms with Crippen LogP contribution in [0.2, 0.25) is 0 Å². The number of carboxylic acid groups (broad SMARTS) is 1. The van der Waals surface area contributed by atoms with Crippen LogP contribution in [0.5, 0.6) is 0 Å². The summed E-state index contributed by atoms with van der Waals surface area (Å²) in [6.45, 7) is 3.28. The van der Waals surface area contributed by atoms with Gasteiger partial charge in [-0.05, 0) is 57.6 Å². The van der Waals surface area contributed by atoms with E-state index < -0.39 is 44.7 Å². The lowest BCUT2D eigenvalue weighted by Gasteiger charge is -2.48. The maximum atomic E-state index is 13.8. The van der Waals surface area contributed by atoms with E-state index in [2.05, 4.69) is 16.3 Å². The largest absolute Gasteiger partial charge is 0.465 e. The number of nitrogens with zero attached hydrogens (tertiary/aromatic N) is 4. The van der Waals surface area contributed by atoms with Crippen LogP contribution >= 0.6 is 0 Å². The average molecular weight is 544 g/mol. The van der Waals surface area contributed by atoms with Gasteiger partial charge in [0.1, 0.15) is 11.6 Å². The van der Waals surface area contributed by atoms with E-state index in [0.717, 1.165) is 5.56 Å². The van der Waals surface area contributed by atoms with Gasteiger partial charge in [-0.15, -0.1) is 0 Å². The van der Waals surface area contributed by atoms with E-state index in [1.807, 2.05) is 6.92 Å². The molecule has 4 aliphatic rings. The minimum Gasteiger partial charge on any atom is -0.465 e. The Bertz CT molecular complexity index is 1260. The van der Waals surface area contributed by atoms with Crippen molar-refractivity contribution in [2.24, 2.45) is 0 Å². The zero-order valence-corrected chi connectivity index (χ0v) is 22.2. The standard InChI is InChI=1S/C26H33N5O6S/c1-17-2-4-19(5-3-17)38(36,37)20-14-22(23(32)28-26(16-27)9-10-26)31(15-20)24(33)21-8-13-30(21)18-6-11-29(12-7-18)25(34)35/h2-5,18,20-22H,6-15H2,1H3,(H,28,32)(H,34,35)/t20-,21?,22+/m1/s1. The Morgan fingerprint density at radius 3 is 2.24 bits per heavy atom. The van der Waals surface area contributed by atoms with Crippen molar-refractivity contribution in [1.82, 2.24) is 20.0 Å². The van der Waals surface area contributed by atoms with Crippen LogP contribution in [0, 0.1) is 18.3 Å². The van der Waals surface area contributed by atoms with Gasteiger partial charge < -0.3 is 20.2 Å². The average Bonchev–Trinajstić information content (AvgIpc) is 3.48. The van der Waals surface area contributed by atoms with E-state index in [9.17, 15) is 33.2 Å². The van der Waals surface area contributed by atoms with E-state index in [-0.39, 0.29) is 29.8 Å². The van der Waals surface area contributed by atoms with Gasteiger partial charge in [0.05, 0.1) is 22.3 Å². The number of nitrogens with one attached hydrogen (secondary N) is 1. The zero-order chi connectivity index (χ0) is 27.2. The fourth-order valence-corrected chi connectivity index (χ4v) is 7.53. The monoisotopic (exact) mass is 543 g/mol. The highest BCUT2D eigenvalue weighted by Crippen LogP contribution is 2.37. The molecule has 38 heavy (non-hydrogen) atoms. The van der Waals surface area contributed by atoms with Gasteiger partial charge in [0.2, 0.25) is 11.8 Å². The van der Waals surface area contributed by atoms with Crippen LogP contribution in [-0.2, 0) is 19.4 Å². The maximum Gasteiger partial charge on any atom is 0.407 e. The Labute approximate surface area is 222 Å². The molecule has 5 rings (SSSR count). The molecule has 1 unspecified atom stereocenters. The second-order valence-electron chi connectivity index (χ2n) is 10.9. The number of carbonyl (C=O) groups excluding carboxylic acids is 2. The maximum absolute atomic E-state index is 13.8. The minimum atomic E-state index is -3.80. The van der Waals surface area contributed by atoms with Crippen molar-refractivity contribution >= 4 is 27.7 Å². The third-order valence-electron chi connectivity index (χ3n) is 8.51. The second-order valence-corrected chi connectivity index (χ2v) is 13.2. The molecule has 0 spiro atoms. The van der Waals surface area contributed by atoms with Crippen molar-refractivity contribution in [1.29, 1.82) is 5.26 Å². The van der Waals surface area contributed by atoms with Crippen molar-refractivity contribution in [3.8, 4) is 6.07 Å². The molecule has 2 N–H and O–H groups in total. The first kappa shape index (κ1) is 26.4. The molecule has 3 amide bonds. The number of aryl methyl sites for hydroxylation is 1. The van der Waals surface area contributed by atoms with E-state index in [0.29, 0.717) is 51.7 Å². The molecule has 1 aromatic rings. The van der Waals surface area contributed by atoms with Crippen molar-refractivity contribution in [2.45, 2.75) is 79.3 Å². The first-order valence-electron chi connectivity index (χ1n) is 13.1. The second kappa shape index (κ2) is 9.85. The van der Waals surface area contributed by atoms with Gasteiger partial charge in [-0.25, -0.2) is 13.2 Å². The highest BCUT2D eigenvalue weighted by Gasteiger charge is 2.52. The molecular weight excluding hydrogens is 510 g/mol. The number of likely N-dealkylation sites (tertiary alicyclic amines) is 3. The first-order chi connectivity index (χ1) is 18.0. The summed E-state index contributed by atoms with van der Waals surface area (Å²) < 4.78 is 27.0. The number of hydrogen-bond acceptors (Lipinski definition) is 7. The molecule has 4 fully saturated rings. The molecule has 0 aromatic heterocycles. The van der Waals surface area contributed by atoms with Crippen LogP contribution in [0.3, 0.4) is 0 Å². The predicted octanol–water partition coefficient (Wildman–Crippen LogP) is 1.13. The van der Waals surface area contributed by atoms with E-state index >= 15 is 0 Å². The predicted molar refractivity (Wildman–Crippen MR) is 136 cm³/mol. The number of sulfone groups is 1. The SMILES string of the molecule is Cc1ccc(S(=O)(=O)[C@@H]2C[C@@H](C(=O)NC3(C#N)CC3)N(C(=O)C3CCN3C3CCN(C(=O)O)CC3)C2)cc1. The van der Waals surface area contributed by atoms with Crippen LogP contribution in [-0.4, -0.2) is 101 Å². The van der Waals surface area contributed by atoms with Gasteiger partial charge in [0, 0.05) is 32.2 Å². The lowest BCUT2D eigenvalue weighted by atomic mass is 9.93. The molecule has 3 heterocycles. The fraction of sp³-hybridized carbons (Fsp3) is 0.615. The number of hydrogen-bond donors (Lipinski definition) is 2. The normalized spacial score (nSPS) is 27.3. The molecular formula is C26H33N5O6S. The lowest BCUT2D eigenvalue weighted by Crippen LogP contribution is -2.63. The van der Waals surface area contributed by atoms with Crippen LogP contribution < -0.4 is 5.32 Å². The fourth-order valence-electron chi connectivity index (χ4n) is 5.83. The van der Waals surface area contributed by atoms with Gasteiger partial charge in [0.25, 0.3) is 0 Å². The number of amides is 3. The summed E-state index contributed by atoms with van der Waals surface area (Å²) in [6.07, 6.45) is 1.93. The Morgan fingerprint density at radius 1 is 1.05 bits per heavy atom. The molecule has 11 nitrogen and oxygen atoms in total. The highest BCUT2D eigenvalue weighted by atomic mass is 32.2. The molecule has 204 valence electrons. The Balaban J connectivity index is 1.34. The summed E-state index contributed by atoms with van der Waals surface area (Å²) in [5, 5.41) is 20.5. The molecule has 1 aromatic carbocycles. The third-order valence-corrected chi connectivity index (χ3v) is 10.7. The van der Waals surface area contributed by atoms with Gasteiger partial charge in [-0.1, -0.05) is 17.7 Å². The number of piperidine rings is 1. The Kier molecular flexibility index (Phi) is 6.86. The van der Waals surface area contributed by atoms with Crippen LogP contribution in [0.1, 0.15) is 44.1 Å². The van der Waals surface area contributed by atoms with Crippen LogP contribution in [0.25, 0.3) is 0 Å². The van der Waals surface area contributed by atoms with Crippen molar-refractivity contribution in [2.75, 3.05) is 26.2 Å². The third kappa shape index (κ3) is 4.85. The molecule has 1 aliphatic carbocycles. The minimum absolute atomic E-state index is 0.0288. The van der Waals surface area contributed by atoms with Crippen molar-refractivity contribution in [3.05, 3.63) is 29.8 Å². The number of benzene rings is 1. The summed E-state index contributed by atoms with van der Waals surface area (Å²) in [5.74, 6) is -0.764. The van der Waals surface area contributed by atoms with Gasteiger partial charge in [-0.3, -0.25) is 14.5 Å². The molecule has 12 heteroatoms. The molecule has 3 atom stereocenters. The smallest absolute Gasteiger partial charge is 0.407 e. The number of nitriles is 1. The van der Waals surface area contributed by atoms with Gasteiger partial charge in [0.15, 0.2) is 9.84 Å². The van der Waals surface area contributed by atoms with E-state index in [4.69, 9.17) is 0 Å². The summed E-state index contributed by atoms with van der Waals surface area (Å²) >= 11 is 0. The zero-order valence-electron chi connectivity index (χ0n) is 21.4. The molecule has 1 saturated carbocycles. The van der Waals surface area contributed by atoms with Crippen LogP contribution in [0.15, 0.2) is 29.2 Å². The highest BCUT2D eigenvalue weighted by molar-refractivity contribution is 7.92. The topological polar surface area (TPSA) is 151 Å². The van der Waals surface area contributed by atoms with E-state index in [1.54, 1.807) is 24.3 Å². The molecule has 0 radical (unpaired) electrons. The quantitative estimate of drug-likeness (QED) is 0.542. The Hall–Kier alpha value is -3.17. The summed E-state index contributed by atoms with van der Waals surface area (Å²) in [5.41, 5.74) is -0.00436. The van der Waals surface area contributed by atoms with Gasteiger partial charge >= 0.3 is 6.09 Å². The summed E-state index contributed by atoms with van der Waals surface area (Å²) in [6, 6.07) is 7.28. The summed E-state index contributed by atoms with van der Waals surface area (Å²) in [7, 11) is -3.80. The lowest BCUT2D eigenvalue weighted by molar-refractivity contribution is -0.148. The van der Waals surface area contributed by atoms with Gasteiger partial charge in [-0.2, -0.15) is 5.26 Å². The van der Waals surface area contributed by atoms with Crippen molar-refractivity contribution < 1.29 is 27.9 Å². The molecule has 3 aliphatic heterocycles. The number of rotatable bonds is 6. The Morgan fingerprint density at radius 2 is 1.71 bits per heavy atom. The molecule has 3 saturated heterocycles. The number of carbonyl (C=O) groups is 3. The summed E-state index contributed by atoms with van der Waals surface area (Å²) in [4.78, 5) is 43.4. The van der Waals surface area contributed by atoms with E-state index in [1.165, 1.54) is 9.80 Å². The first-order valence-corrected chi connectivity index (χ1v) is 14.7. The van der Waals surface area contributed by atoms with Crippen molar-refractivity contribution in [3.63, 3.8) is 0 Å². The van der Waals surface area contributed by atoms with Crippen LogP contribution in [0.4, 0.5) is 4.79 Å². The molecule has 0 bridgehead atoms.